The van der Waals surface area contributed by atoms with Gasteiger partial charge < -0.3 is 15.2 Å². The van der Waals surface area contributed by atoms with Crippen molar-refractivity contribution in [1.29, 1.82) is 0 Å². The maximum absolute atomic E-state index is 12.1. The first-order chi connectivity index (χ1) is 9.23. The van der Waals surface area contributed by atoms with Crippen molar-refractivity contribution in [3.63, 3.8) is 0 Å². The quantitative estimate of drug-likeness (QED) is 0.800. The van der Waals surface area contributed by atoms with Gasteiger partial charge in [-0.05, 0) is 18.6 Å². The van der Waals surface area contributed by atoms with Crippen LogP contribution >= 0.6 is 0 Å². The van der Waals surface area contributed by atoms with E-state index >= 15 is 0 Å². The predicted octanol–water partition coefficient (Wildman–Crippen LogP) is 0.209. The zero-order valence-corrected chi connectivity index (χ0v) is 12.1. The van der Waals surface area contributed by atoms with Crippen LogP contribution in [0.5, 0.6) is 11.5 Å². The highest BCUT2D eigenvalue weighted by atomic mass is 32.2. The first-order valence-corrected chi connectivity index (χ1v) is 7.15. The number of hydrogen-bond acceptors (Lipinski definition) is 6. The SMILES string of the molecule is COc1cc2c(cc1OC)S(=O)(=O)OC(C)(C(N)=O)C2. The third-order valence-corrected chi connectivity index (χ3v) is 4.68. The molecule has 0 spiro atoms. The monoisotopic (exact) mass is 301 g/mol. The number of carbonyl (C=O) groups excluding carboxylic acids is 1. The Bertz CT molecular complexity index is 669. The van der Waals surface area contributed by atoms with Crippen LogP contribution in [0.3, 0.4) is 0 Å². The van der Waals surface area contributed by atoms with Gasteiger partial charge >= 0.3 is 0 Å². The molecule has 1 aromatic rings. The summed E-state index contributed by atoms with van der Waals surface area (Å²) < 4.78 is 39.4. The summed E-state index contributed by atoms with van der Waals surface area (Å²) in [5.74, 6) is -0.210. The minimum Gasteiger partial charge on any atom is -0.493 e. The summed E-state index contributed by atoms with van der Waals surface area (Å²) in [5.41, 5.74) is 4.01. The minimum absolute atomic E-state index is 0.0389. The number of carbonyl (C=O) groups is 1. The molecule has 0 radical (unpaired) electrons. The molecule has 0 saturated heterocycles. The van der Waals surface area contributed by atoms with E-state index in [1.807, 2.05) is 0 Å². The molecule has 1 aromatic carbocycles. The van der Waals surface area contributed by atoms with Gasteiger partial charge in [0.15, 0.2) is 17.1 Å². The van der Waals surface area contributed by atoms with Gasteiger partial charge in [-0.3, -0.25) is 4.79 Å². The number of methoxy groups -OCH3 is 2. The van der Waals surface area contributed by atoms with E-state index in [9.17, 15) is 13.2 Å². The molecule has 1 aliphatic heterocycles. The second kappa shape index (κ2) is 4.64. The van der Waals surface area contributed by atoms with Crippen molar-refractivity contribution in [1.82, 2.24) is 0 Å². The lowest BCUT2D eigenvalue weighted by molar-refractivity contribution is -0.132. The second-order valence-corrected chi connectivity index (χ2v) is 6.14. The van der Waals surface area contributed by atoms with Gasteiger partial charge in [-0.25, -0.2) is 4.18 Å². The van der Waals surface area contributed by atoms with Crippen LogP contribution in [0.1, 0.15) is 12.5 Å². The van der Waals surface area contributed by atoms with Crippen molar-refractivity contribution in [2.45, 2.75) is 23.8 Å². The van der Waals surface area contributed by atoms with Crippen LogP contribution in [0.4, 0.5) is 0 Å². The Morgan fingerprint density at radius 1 is 1.30 bits per heavy atom. The predicted molar refractivity (Wildman–Crippen MR) is 69.1 cm³/mol. The number of hydrogen-bond donors (Lipinski definition) is 1. The molecule has 1 amide bonds. The number of benzene rings is 1. The lowest BCUT2D eigenvalue weighted by Gasteiger charge is -2.31. The topological polar surface area (TPSA) is 105 Å². The van der Waals surface area contributed by atoms with Gasteiger partial charge in [-0.15, -0.1) is 0 Å². The summed E-state index contributed by atoms with van der Waals surface area (Å²) in [5, 5.41) is 0. The van der Waals surface area contributed by atoms with Crippen LogP contribution in [0, 0.1) is 0 Å². The summed E-state index contributed by atoms with van der Waals surface area (Å²) in [7, 11) is -1.26. The molecule has 0 fully saturated rings. The van der Waals surface area contributed by atoms with Crippen molar-refractivity contribution >= 4 is 16.0 Å². The summed E-state index contributed by atoms with van der Waals surface area (Å²) in [6.45, 7) is 1.34. The lowest BCUT2D eigenvalue weighted by atomic mass is 9.95. The molecule has 1 atom stereocenters. The van der Waals surface area contributed by atoms with E-state index in [0.717, 1.165) is 0 Å². The Kier molecular flexibility index (Phi) is 3.39. The van der Waals surface area contributed by atoms with E-state index in [4.69, 9.17) is 19.4 Å². The molecule has 7 nitrogen and oxygen atoms in total. The number of nitrogens with two attached hydrogens (primary N) is 1. The molecule has 110 valence electrons. The number of ether oxygens (including phenoxy) is 2. The molecule has 0 bridgehead atoms. The van der Waals surface area contributed by atoms with Crippen molar-refractivity contribution in [3.8, 4) is 11.5 Å². The molecule has 0 aliphatic carbocycles. The molecule has 0 aromatic heterocycles. The summed E-state index contributed by atoms with van der Waals surface area (Å²) in [6.07, 6.45) is 0.0389. The number of rotatable bonds is 3. The standard InChI is InChI=1S/C12H15NO6S/c1-12(11(13)14)6-7-4-8(17-2)9(18-3)5-10(7)20(15,16)19-12/h4-5H,6H2,1-3H3,(H2,13,14). The third-order valence-electron chi connectivity index (χ3n) is 3.18. The zero-order valence-electron chi connectivity index (χ0n) is 11.3. The average Bonchev–Trinajstić information content (AvgIpc) is 2.36. The van der Waals surface area contributed by atoms with E-state index in [1.165, 1.54) is 33.3 Å². The number of fused-ring (bicyclic) bond motifs is 1. The Hall–Kier alpha value is -1.80. The van der Waals surface area contributed by atoms with Crippen LogP contribution in [-0.4, -0.2) is 34.1 Å². The van der Waals surface area contributed by atoms with Crippen molar-refractivity contribution in [3.05, 3.63) is 17.7 Å². The van der Waals surface area contributed by atoms with E-state index in [-0.39, 0.29) is 17.1 Å². The molecule has 1 heterocycles. The highest BCUT2D eigenvalue weighted by Gasteiger charge is 2.44. The van der Waals surface area contributed by atoms with E-state index in [2.05, 4.69) is 0 Å². The molecule has 2 N–H and O–H groups in total. The first kappa shape index (κ1) is 14.6. The largest absolute Gasteiger partial charge is 0.493 e. The van der Waals surface area contributed by atoms with Crippen LogP contribution < -0.4 is 15.2 Å². The van der Waals surface area contributed by atoms with E-state index in [1.54, 1.807) is 0 Å². The molecule has 20 heavy (non-hydrogen) atoms. The molecular weight excluding hydrogens is 286 g/mol. The summed E-state index contributed by atoms with van der Waals surface area (Å²) in [6, 6.07) is 2.82. The first-order valence-electron chi connectivity index (χ1n) is 5.74. The number of primary amides is 1. The fourth-order valence-electron chi connectivity index (χ4n) is 2.08. The minimum atomic E-state index is -4.09. The molecule has 1 aliphatic rings. The Morgan fingerprint density at radius 2 is 1.85 bits per heavy atom. The Balaban J connectivity index is 2.67. The van der Waals surface area contributed by atoms with Crippen LogP contribution in [0.15, 0.2) is 17.0 Å². The molecule has 1 unspecified atom stereocenters. The van der Waals surface area contributed by atoms with Gasteiger partial charge in [-0.2, -0.15) is 8.42 Å². The van der Waals surface area contributed by atoms with Gasteiger partial charge in [0.25, 0.3) is 16.0 Å². The third kappa shape index (κ3) is 2.20. The van der Waals surface area contributed by atoms with E-state index < -0.39 is 21.6 Å². The molecule has 0 saturated carbocycles. The van der Waals surface area contributed by atoms with Crippen LogP contribution in [-0.2, 0) is 25.5 Å². The fourth-order valence-corrected chi connectivity index (χ4v) is 3.50. The van der Waals surface area contributed by atoms with Gasteiger partial charge in [-0.1, -0.05) is 0 Å². The summed E-state index contributed by atoms with van der Waals surface area (Å²) in [4.78, 5) is 11.4. The second-order valence-electron chi connectivity index (χ2n) is 4.62. The van der Waals surface area contributed by atoms with Gasteiger partial charge in [0.05, 0.1) is 14.2 Å². The van der Waals surface area contributed by atoms with Gasteiger partial charge in [0, 0.05) is 12.5 Å². The molecule has 2 rings (SSSR count). The van der Waals surface area contributed by atoms with Crippen molar-refractivity contribution in [2.24, 2.45) is 5.73 Å². The van der Waals surface area contributed by atoms with Crippen LogP contribution in [0.25, 0.3) is 0 Å². The molecule has 8 heteroatoms. The normalized spacial score (nSPS) is 23.8. The van der Waals surface area contributed by atoms with Gasteiger partial charge in [0.2, 0.25) is 0 Å². The Morgan fingerprint density at radius 3 is 2.35 bits per heavy atom. The molecular formula is C12H15NO6S. The highest BCUT2D eigenvalue weighted by molar-refractivity contribution is 7.87. The highest BCUT2D eigenvalue weighted by Crippen LogP contribution is 2.39. The van der Waals surface area contributed by atoms with E-state index in [0.29, 0.717) is 11.3 Å². The lowest BCUT2D eigenvalue weighted by Crippen LogP contribution is -2.49. The fraction of sp³-hybridized carbons (Fsp3) is 0.417. The average molecular weight is 301 g/mol. The number of amides is 1. The summed E-state index contributed by atoms with van der Waals surface area (Å²) >= 11 is 0. The van der Waals surface area contributed by atoms with Crippen molar-refractivity contribution < 1.29 is 26.9 Å². The maximum Gasteiger partial charge on any atom is 0.298 e. The van der Waals surface area contributed by atoms with Gasteiger partial charge in [0.1, 0.15) is 4.90 Å². The van der Waals surface area contributed by atoms with Crippen LogP contribution in [0.2, 0.25) is 0 Å². The van der Waals surface area contributed by atoms with Crippen molar-refractivity contribution in [2.75, 3.05) is 14.2 Å². The smallest absolute Gasteiger partial charge is 0.298 e. The maximum atomic E-state index is 12.1. The Labute approximate surface area is 116 Å². The zero-order chi connectivity index (χ0) is 15.1.